The molecule has 0 heterocycles. The molecule has 0 spiro atoms. The molecule has 0 aromatic heterocycles. The van der Waals surface area contributed by atoms with Gasteiger partial charge in [-0.25, -0.2) is 4.79 Å². The van der Waals surface area contributed by atoms with Crippen molar-refractivity contribution in [1.29, 1.82) is 0 Å². The minimum Gasteiger partial charge on any atom is -0.490 e. The Kier molecular flexibility index (Phi) is 14.2. The average molecular weight is 721 g/mol. The number of aryl methyl sites for hydroxylation is 1. The van der Waals surface area contributed by atoms with Gasteiger partial charge in [-0.2, -0.15) is 21.6 Å². The summed E-state index contributed by atoms with van der Waals surface area (Å²) in [6.45, 7) is 3.70. The van der Waals surface area contributed by atoms with Crippen molar-refractivity contribution in [3.8, 4) is 5.75 Å². The maximum atomic E-state index is 13.1. The van der Waals surface area contributed by atoms with E-state index in [2.05, 4.69) is 15.3 Å². The van der Waals surface area contributed by atoms with Gasteiger partial charge in [0.2, 0.25) is 5.91 Å². The minimum absolute atomic E-state index is 0.0202. The smallest absolute Gasteiger partial charge is 0.416 e. The molecule has 0 saturated heterocycles. The van der Waals surface area contributed by atoms with Gasteiger partial charge in [-0.15, -0.1) is 0 Å². The highest BCUT2D eigenvalue weighted by Crippen LogP contribution is 2.29. The number of carbonyl (C=O) groups excluding carboxylic acids is 3. The van der Waals surface area contributed by atoms with Gasteiger partial charge < -0.3 is 19.5 Å². The molecule has 0 radical (unpaired) electrons. The number of rotatable bonds is 17. The number of azide groups is 1. The fraction of sp³-hybridized carbons (Fsp3) is 0.364. The third kappa shape index (κ3) is 12.4. The van der Waals surface area contributed by atoms with Crippen LogP contribution in [0.2, 0.25) is 0 Å². The number of esters is 2. The quantitative estimate of drug-likeness (QED) is 0.0641. The summed E-state index contributed by atoms with van der Waals surface area (Å²) in [6, 6.07) is 13.6. The first-order valence-electron chi connectivity index (χ1n) is 15.1. The van der Waals surface area contributed by atoms with Gasteiger partial charge >= 0.3 is 18.1 Å². The van der Waals surface area contributed by atoms with Crippen LogP contribution in [0.3, 0.4) is 0 Å². The Morgan fingerprint density at radius 3 is 2.08 bits per heavy atom. The zero-order valence-electron chi connectivity index (χ0n) is 27.3. The lowest BCUT2D eigenvalue weighted by molar-refractivity contribution is -0.149. The Labute approximate surface area is 286 Å². The van der Waals surface area contributed by atoms with Crippen molar-refractivity contribution in [2.45, 2.75) is 62.9 Å². The predicted octanol–water partition coefficient (Wildman–Crippen LogP) is 5.24. The van der Waals surface area contributed by atoms with Crippen LogP contribution in [-0.2, 0) is 57.2 Å². The fourth-order valence-electron chi connectivity index (χ4n) is 4.44. The molecule has 3 aromatic rings. The van der Waals surface area contributed by atoms with Crippen LogP contribution < -0.4 is 10.1 Å². The lowest BCUT2D eigenvalue weighted by Gasteiger charge is -2.20. The van der Waals surface area contributed by atoms with E-state index in [-0.39, 0.29) is 36.7 Å². The zero-order valence-corrected chi connectivity index (χ0v) is 28.1. The van der Waals surface area contributed by atoms with Crippen LogP contribution in [0.1, 0.15) is 36.1 Å². The van der Waals surface area contributed by atoms with Gasteiger partial charge in [-0.3, -0.25) is 13.8 Å². The van der Waals surface area contributed by atoms with E-state index in [0.717, 1.165) is 24.6 Å². The van der Waals surface area contributed by atoms with Crippen molar-refractivity contribution in [2.75, 3.05) is 19.8 Å². The van der Waals surface area contributed by atoms with E-state index in [1.807, 2.05) is 0 Å². The molecule has 3 rings (SSSR count). The molecule has 0 fully saturated rings. The normalized spacial score (nSPS) is 13.2. The molecule has 0 aliphatic rings. The van der Waals surface area contributed by atoms with E-state index in [4.69, 9.17) is 23.9 Å². The topological polar surface area (TPSA) is 183 Å². The van der Waals surface area contributed by atoms with Gasteiger partial charge in [0, 0.05) is 18.3 Å². The summed E-state index contributed by atoms with van der Waals surface area (Å²) >= 11 is 0. The molecule has 3 aromatic carbocycles. The molecule has 0 aliphatic heterocycles. The van der Waals surface area contributed by atoms with Gasteiger partial charge in [0.1, 0.15) is 31.0 Å². The number of hydrogen-bond donors (Lipinski definition) is 1. The number of carbonyl (C=O) groups is 3. The summed E-state index contributed by atoms with van der Waals surface area (Å²) in [5.41, 5.74) is 9.93. The van der Waals surface area contributed by atoms with Crippen molar-refractivity contribution in [3.05, 3.63) is 105 Å². The Bertz CT molecular complexity index is 1760. The van der Waals surface area contributed by atoms with E-state index >= 15 is 0 Å². The van der Waals surface area contributed by atoms with Crippen LogP contribution >= 0.6 is 0 Å². The van der Waals surface area contributed by atoms with Crippen LogP contribution in [-0.4, -0.2) is 64.3 Å². The first-order chi connectivity index (χ1) is 23.6. The summed E-state index contributed by atoms with van der Waals surface area (Å²) < 4.78 is 84.9. The number of halogens is 3. The second kappa shape index (κ2) is 18.0. The van der Waals surface area contributed by atoms with Crippen molar-refractivity contribution in [2.24, 2.45) is 5.11 Å². The number of nitrogens with zero attached hydrogens (tertiary/aromatic N) is 3. The van der Waals surface area contributed by atoms with E-state index in [1.54, 1.807) is 38.1 Å². The molecule has 268 valence electrons. The van der Waals surface area contributed by atoms with Crippen LogP contribution in [0.5, 0.6) is 5.75 Å². The maximum Gasteiger partial charge on any atom is 0.416 e. The van der Waals surface area contributed by atoms with Crippen molar-refractivity contribution < 1.29 is 54.4 Å². The standard InChI is InChI=1S/C33H35F3N4O9S/c1-4-46-32(43)30(18-23-7-11-25(12-8-23)33(34,35)36)38-31(42)29(39-40-37)17-24-9-13-26(14-10-24)47-19-27(49-22(3)41)20-48-50(44,45)28-15-5-21(2)6-16-28/h5-16,27,29-30H,4,17-20H2,1-3H3,(H,38,42)/t27?,29-,30-/m0/s1. The number of hydrogen-bond acceptors (Lipinski definition) is 10. The number of benzene rings is 3. The van der Waals surface area contributed by atoms with E-state index in [9.17, 15) is 36.0 Å². The van der Waals surface area contributed by atoms with Crippen LogP contribution in [0.25, 0.3) is 10.4 Å². The third-order valence-corrected chi connectivity index (χ3v) is 8.24. The Balaban J connectivity index is 1.64. The summed E-state index contributed by atoms with van der Waals surface area (Å²) in [6.07, 6.45) is -5.92. The molecule has 3 atom stereocenters. The lowest BCUT2D eigenvalue weighted by atomic mass is 10.0. The minimum atomic E-state index is -4.55. The van der Waals surface area contributed by atoms with E-state index < -0.39 is 64.5 Å². The first kappa shape index (κ1) is 39.3. The molecule has 1 unspecified atom stereocenters. The van der Waals surface area contributed by atoms with Gasteiger partial charge in [0.15, 0.2) is 6.10 Å². The predicted molar refractivity (Wildman–Crippen MR) is 172 cm³/mol. The molecule has 1 amide bonds. The summed E-state index contributed by atoms with van der Waals surface area (Å²) in [7, 11) is -4.13. The largest absolute Gasteiger partial charge is 0.490 e. The fourth-order valence-corrected chi connectivity index (χ4v) is 5.38. The molecule has 13 nitrogen and oxygen atoms in total. The van der Waals surface area contributed by atoms with Gasteiger partial charge in [-0.05, 0) is 73.3 Å². The van der Waals surface area contributed by atoms with Crippen molar-refractivity contribution >= 4 is 28.0 Å². The second-order valence-corrected chi connectivity index (χ2v) is 12.5. The van der Waals surface area contributed by atoms with Crippen molar-refractivity contribution in [1.82, 2.24) is 5.32 Å². The maximum absolute atomic E-state index is 13.1. The highest BCUT2D eigenvalue weighted by atomic mass is 32.2. The molecular formula is C33H35F3N4O9S. The van der Waals surface area contributed by atoms with Crippen LogP contribution in [0, 0.1) is 6.92 Å². The number of nitrogens with one attached hydrogen (secondary N) is 1. The number of alkyl halides is 3. The Hall–Kier alpha value is -5.12. The number of ether oxygens (including phenoxy) is 3. The SMILES string of the molecule is CCOC(=O)[C@H](Cc1ccc(C(F)(F)F)cc1)NC(=O)[C@H](Cc1ccc(OCC(COS(=O)(=O)c2ccc(C)cc2)OC(C)=O)cc1)N=[N+]=[N-]. The molecule has 50 heavy (non-hydrogen) atoms. The zero-order chi connectivity index (χ0) is 36.9. The monoisotopic (exact) mass is 720 g/mol. The van der Waals surface area contributed by atoms with E-state index in [0.29, 0.717) is 11.1 Å². The van der Waals surface area contributed by atoms with Gasteiger partial charge in [0.05, 0.1) is 17.1 Å². The van der Waals surface area contributed by atoms with Crippen LogP contribution in [0.4, 0.5) is 13.2 Å². The molecule has 0 aliphatic carbocycles. The summed E-state index contributed by atoms with van der Waals surface area (Å²) in [4.78, 5) is 40.0. The number of amides is 1. The first-order valence-corrected chi connectivity index (χ1v) is 16.5. The lowest BCUT2D eigenvalue weighted by Crippen LogP contribution is -2.47. The Morgan fingerprint density at radius 2 is 1.52 bits per heavy atom. The van der Waals surface area contributed by atoms with Gasteiger partial charge in [-0.1, -0.05) is 47.1 Å². The van der Waals surface area contributed by atoms with Gasteiger partial charge in [0.25, 0.3) is 10.1 Å². The summed E-state index contributed by atoms with van der Waals surface area (Å²) in [5.74, 6) is -2.04. The molecule has 1 N–H and O–H groups in total. The average Bonchev–Trinajstić information content (AvgIpc) is 3.06. The molecule has 0 bridgehead atoms. The highest BCUT2D eigenvalue weighted by Gasteiger charge is 2.31. The van der Waals surface area contributed by atoms with Crippen molar-refractivity contribution in [3.63, 3.8) is 0 Å². The Morgan fingerprint density at radius 1 is 0.920 bits per heavy atom. The second-order valence-electron chi connectivity index (χ2n) is 10.9. The van der Waals surface area contributed by atoms with Crippen LogP contribution in [0.15, 0.2) is 82.8 Å². The highest BCUT2D eigenvalue weighted by molar-refractivity contribution is 7.86. The third-order valence-electron chi connectivity index (χ3n) is 6.94. The molecule has 0 saturated carbocycles. The summed E-state index contributed by atoms with van der Waals surface area (Å²) in [5, 5.41) is 6.02. The molecule has 17 heteroatoms. The molecular weight excluding hydrogens is 685 g/mol. The van der Waals surface area contributed by atoms with E-state index in [1.165, 1.54) is 36.4 Å².